The van der Waals surface area contributed by atoms with Crippen molar-refractivity contribution in [3.8, 4) is 11.1 Å². The van der Waals surface area contributed by atoms with Gasteiger partial charge in [-0.2, -0.15) is 0 Å². The maximum absolute atomic E-state index is 13.7. The van der Waals surface area contributed by atoms with E-state index in [1.54, 1.807) is 36.5 Å². The van der Waals surface area contributed by atoms with E-state index in [1.807, 2.05) is 0 Å². The van der Waals surface area contributed by atoms with Crippen LogP contribution in [0.25, 0.3) is 16.6 Å². The number of benzene rings is 1. The first-order valence-corrected chi connectivity index (χ1v) is 9.40. The number of hydrogen-bond donors (Lipinski definition) is 0. The number of Topliss-reactive ketones (excluding diaryl/α,β-unsaturated/α-hetero) is 1. The molecule has 0 atom stereocenters. The molecular formula is C20H18ClFN4O3. The minimum Gasteiger partial charge on any atom is -0.335 e. The maximum Gasteiger partial charge on any atom is 0.279 e. The van der Waals surface area contributed by atoms with Gasteiger partial charge in [0.2, 0.25) is 5.91 Å². The summed E-state index contributed by atoms with van der Waals surface area (Å²) in [6, 6.07) is 8.70. The fraction of sp³-hybridized carbons (Fsp3) is 0.300. The number of alkyl halides is 1. The first kappa shape index (κ1) is 19.3. The average Bonchev–Trinajstić information content (AvgIpc) is 3.05. The molecule has 1 fully saturated rings. The Bertz CT molecular complexity index is 1210. The van der Waals surface area contributed by atoms with Gasteiger partial charge in [-0.3, -0.25) is 19.0 Å². The first-order valence-electron chi connectivity index (χ1n) is 9.02. The lowest BCUT2D eigenvalue weighted by Crippen LogP contribution is -2.60. The molecule has 1 saturated heterocycles. The van der Waals surface area contributed by atoms with E-state index in [9.17, 15) is 18.8 Å². The number of halogens is 2. The number of likely N-dealkylation sites (tertiary alicyclic amines) is 1. The second-order valence-corrected chi connectivity index (χ2v) is 7.90. The highest BCUT2D eigenvalue weighted by Gasteiger charge is 2.41. The van der Waals surface area contributed by atoms with E-state index in [4.69, 9.17) is 11.6 Å². The van der Waals surface area contributed by atoms with Crippen molar-refractivity contribution in [1.82, 2.24) is 19.1 Å². The molecule has 3 aromatic rings. The molecule has 1 aliphatic rings. The molecule has 1 aromatic carbocycles. The van der Waals surface area contributed by atoms with Crippen LogP contribution in [0.3, 0.4) is 0 Å². The van der Waals surface area contributed by atoms with Crippen LogP contribution in [0.5, 0.6) is 0 Å². The van der Waals surface area contributed by atoms with Crippen LogP contribution < -0.4 is 5.56 Å². The van der Waals surface area contributed by atoms with E-state index >= 15 is 0 Å². The summed E-state index contributed by atoms with van der Waals surface area (Å²) in [7, 11) is 0. The fourth-order valence-corrected chi connectivity index (χ4v) is 3.75. The highest BCUT2D eigenvalue weighted by Crippen LogP contribution is 2.27. The second-order valence-electron chi connectivity index (χ2n) is 7.47. The van der Waals surface area contributed by atoms with E-state index in [-0.39, 0.29) is 31.0 Å². The molecule has 1 amide bonds. The third-order valence-electron chi connectivity index (χ3n) is 4.91. The largest absolute Gasteiger partial charge is 0.335 e. The summed E-state index contributed by atoms with van der Waals surface area (Å²) in [4.78, 5) is 39.2. The number of ketones is 1. The highest BCUT2D eigenvalue weighted by molar-refractivity contribution is 6.30. The van der Waals surface area contributed by atoms with Crippen molar-refractivity contribution in [3.05, 3.63) is 57.7 Å². The molecule has 150 valence electrons. The van der Waals surface area contributed by atoms with Crippen LogP contribution in [0.4, 0.5) is 4.39 Å². The topological polar surface area (TPSA) is 76.7 Å². The molecule has 4 rings (SSSR count). The predicted octanol–water partition coefficient (Wildman–Crippen LogP) is 2.59. The summed E-state index contributed by atoms with van der Waals surface area (Å²) >= 11 is 6.07. The molecule has 9 heteroatoms. The standard InChI is InChI=1S/C20H18ClFN4O3/c1-12(27)18-23-26-7-6-15(13-4-3-5-14(21)8-13)17(26)19(29)25(18)9-16(28)24-10-20(2,22)11-24/h3-8H,9-11H2,1-2H3. The van der Waals surface area contributed by atoms with Gasteiger partial charge in [0.15, 0.2) is 11.6 Å². The molecule has 0 saturated carbocycles. The van der Waals surface area contributed by atoms with Crippen molar-refractivity contribution >= 4 is 28.8 Å². The van der Waals surface area contributed by atoms with Crippen LogP contribution in [0, 0.1) is 0 Å². The number of carbonyl (C=O) groups is 2. The Morgan fingerprint density at radius 3 is 2.62 bits per heavy atom. The third kappa shape index (κ3) is 3.44. The number of amides is 1. The van der Waals surface area contributed by atoms with Gasteiger partial charge in [-0.05, 0) is 30.7 Å². The van der Waals surface area contributed by atoms with E-state index in [0.717, 1.165) is 4.57 Å². The van der Waals surface area contributed by atoms with Gasteiger partial charge in [-0.1, -0.05) is 23.7 Å². The molecule has 0 unspecified atom stereocenters. The lowest BCUT2D eigenvalue weighted by atomic mass is 9.99. The monoisotopic (exact) mass is 416 g/mol. The molecule has 1 aliphatic heterocycles. The van der Waals surface area contributed by atoms with Gasteiger partial charge in [-0.25, -0.2) is 8.91 Å². The zero-order chi connectivity index (χ0) is 20.9. The summed E-state index contributed by atoms with van der Waals surface area (Å²) in [5, 5.41) is 4.75. The molecule has 0 aliphatic carbocycles. The average molecular weight is 417 g/mol. The van der Waals surface area contributed by atoms with Gasteiger partial charge in [0.1, 0.15) is 17.7 Å². The quantitative estimate of drug-likeness (QED) is 0.612. The molecule has 7 nitrogen and oxygen atoms in total. The SMILES string of the molecule is CC(=O)c1nn2ccc(-c3cccc(Cl)c3)c2c(=O)n1CC(=O)N1CC(C)(F)C1. The summed E-state index contributed by atoms with van der Waals surface area (Å²) in [6.07, 6.45) is 1.58. The van der Waals surface area contributed by atoms with Crippen molar-refractivity contribution in [2.24, 2.45) is 0 Å². The van der Waals surface area contributed by atoms with Gasteiger partial charge in [0.05, 0.1) is 13.1 Å². The summed E-state index contributed by atoms with van der Waals surface area (Å²) < 4.78 is 16.1. The predicted molar refractivity (Wildman–Crippen MR) is 106 cm³/mol. The molecule has 0 N–H and O–H groups in total. The lowest BCUT2D eigenvalue weighted by Gasteiger charge is -2.42. The van der Waals surface area contributed by atoms with Gasteiger partial charge >= 0.3 is 0 Å². The smallest absolute Gasteiger partial charge is 0.279 e. The maximum atomic E-state index is 13.7. The Hall–Kier alpha value is -3.00. The zero-order valence-corrected chi connectivity index (χ0v) is 16.6. The molecule has 2 aromatic heterocycles. The Balaban J connectivity index is 1.82. The van der Waals surface area contributed by atoms with Gasteiger partial charge in [-0.15, -0.1) is 5.10 Å². The number of hydrogen-bond acceptors (Lipinski definition) is 4. The van der Waals surface area contributed by atoms with Crippen molar-refractivity contribution in [2.75, 3.05) is 13.1 Å². The lowest BCUT2D eigenvalue weighted by molar-refractivity contribution is -0.144. The molecule has 3 heterocycles. The van der Waals surface area contributed by atoms with Crippen LogP contribution in [-0.4, -0.2) is 49.5 Å². The minimum absolute atomic E-state index is 0.0371. The zero-order valence-electron chi connectivity index (χ0n) is 15.9. The van der Waals surface area contributed by atoms with Gasteiger partial charge in [0, 0.05) is 23.7 Å². The summed E-state index contributed by atoms with van der Waals surface area (Å²) in [6.45, 7) is 2.23. The van der Waals surface area contributed by atoms with E-state index < -0.39 is 22.9 Å². The highest BCUT2D eigenvalue weighted by atomic mass is 35.5. The number of aromatic nitrogens is 3. The number of fused-ring (bicyclic) bond motifs is 1. The Morgan fingerprint density at radius 1 is 1.28 bits per heavy atom. The number of rotatable bonds is 4. The van der Waals surface area contributed by atoms with Crippen molar-refractivity contribution in [2.45, 2.75) is 26.1 Å². The molecular weight excluding hydrogens is 399 g/mol. The summed E-state index contributed by atoms with van der Waals surface area (Å²) in [5.74, 6) is -1.02. The van der Waals surface area contributed by atoms with E-state index in [0.29, 0.717) is 16.1 Å². The fourth-order valence-electron chi connectivity index (χ4n) is 3.56. The van der Waals surface area contributed by atoms with Gasteiger partial charge < -0.3 is 4.90 Å². The second kappa shape index (κ2) is 6.81. The number of nitrogens with zero attached hydrogens (tertiary/aromatic N) is 4. The normalized spacial score (nSPS) is 15.4. The van der Waals surface area contributed by atoms with Crippen LogP contribution in [0.15, 0.2) is 41.3 Å². The minimum atomic E-state index is -1.42. The number of carbonyl (C=O) groups excluding carboxylic acids is 2. The van der Waals surface area contributed by atoms with Crippen LogP contribution in [-0.2, 0) is 11.3 Å². The Morgan fingerprint density at radius 2 is 2.00 bits per heavy atom. The van der Waals surface area contributed by atoms with Crippen molar-refractivity contribution in [3.63, 3.8) is 0 Å². The molecule has 0 bridgehead atoms. The van der Waals surface area contributed by atoms with E-state index in [2.05, 4.69) is 5.10 Å². The third-order valence-corrected chi connectivity index (χ3v) is 5.15. The van der Waals surface area contributed by atoms with Gasteiger partial charge in [0.25, 0.3) is 5.56 Å². The Labute approximate surface area is 170 Å². The summed E-state index contributed by atoms with van der Waals surface area (Å²) in [5.41, 5.74) is -0.427. The van der Waals surface area contributed by atoms with Crippen LogP contribution in [0.2, 0.25) is 5.02 Å². The molecule has 0 radical (unpaired) electrons. The van der Waals surface area contributed by atoms with Crippen LogP contribution >= 0.6 is 11.6 Å². The Kier molecular flexibility index (Phi) is 4.53. The van der Waals surface area contributed by atoms with Crippen LogP contribution in [0.1, 0.15) is 24.5 Å². The first-order chi connectivity index (χ1) is 13.7. The van der Waals surface area contributed by atoms with Crippen molar-refractivity contribution < 1.29 is 14.0 Å². The molecule has 0 spiro atoms. The molecule has 29 heavy (non-hydrogen) atoms. The van der Waals surface area contributed by atoms with E-state index in [1.165, 1.54) is 23.3 Å². The van der Waals surface area contributed by atoms with Crippen molar-refractivity contribution in [1.29, 1.82) is 0 Å².